The molecule has 1 aromatic carbocycles. The van der Waals surface area contributed by atoms with E-state index in [0.29, 0.717) is 18.6 Å². The Morgan fingerprint density at radius 2 is 1.88 bits per heavy atom. The quantitative estimate of drug-likeness (QED) is 0.670. The Kier molecular flexibility index (Phi) is 5.90. The van der Waals surface area contributed by atoms with E-state index >= 15 is 0 Å². The molecule has 0 aliphatic carbocycles. The van der Waals surface area contributed by atoms with Gasteiger partial charge in [0.2, 0.25) is 0 Å². The zero-order chi connectivity index (χ0) is 17.7. The Bertz CT molecular complexity index is 824. The van der Waals surface area contributed by atoms with Gasteiger partial charge in [-0.25, -0.2) is 4.98 Å². The summed E-state index contributed by atoms with van der Waals surface area (Å²) in [5.41, 5.74) is 3.20. The second-order valence-electron chi connectivity index (χ2n) is 6.07. The lowest BCUT2D eigenvalue weighted by molar-refractivity contribution is -0.140. The van der Waals surface area contributed by atoms with E-state index in [9.17, 15) is 4.79 Å². The summed E-state index contributed by atoms with van der Waals surface area (Å²) in [5, 5.41) is 1.18. The minimum absolute atomic E-state index is 0.211. The van der Waals surface area contributed by atoms with Gasteiger partial charge in [0.25, 0.3) is 0 Å². The van der Waals surface area contributed by atoms with E-state index in [-0.39, 0.29) is 5.97 Å². The van der Waals surface area contributed by atoms with Gasteiger partial charge in [0.1, 0.15) is 5.52 Å². The Hall–Kier alpha value is -2.43. The van der Waals surface area contributed by atoms with Gasteiger partial charge in [0, 0.05) is 18.4 Å². The second kappa shape index (κ2) is 7.90. The number of ether oxygens (including phenoxy) is 1. The number of aromatic nitrogens is 3. The number of esters is 1. The maximum absolute atomic E-state index is 9.82. The summed E-state index contributed by atoms with van der Waals surface area (Å²) in [7, 11) is 0. The molecule has 5 nitrogen and oxygen atoms in total. The van der Waals surface area contributed by atoms with Gasteiger partial charge in [0.05, 0.1) is 30.2 Å². The molecule has 0 spiro atoms. The summed E-state index contributed by atoms with van der Waals surface area (Å²) < 4.78 is 6.67. The van der Waals surface area contributed by atoms with Crippen LogP contribution in [-0.2, 0) is 9.53 Å². The molecular weight excluding hydrogens is 302 g/mol. The second-order valence-corrected chi connectivity index (χ2v) is 6.07. The molecule has 128 valence electrons. The molecule has 1 atom stereocenters. The van der Waals surface area contributed by atoms with Crippen molar-refractivity contribution >= 4 is 27.9 Å². The van der Waals surface area contributed by atoms with E-state index in [1.54, 1.807) is 6.92 Å². The molecule has 5 heteroatoms. The first kappa shape index (κ1) is 17.9. The van der Waals surface area contributed by atoms with Gasteiger partial charge in [0.15, 0.2) is 0 Å². The van der Waals surface area contributed by atoms with Crippen molar-refractivity contribution in [3.05, 3.63) is 36.8 Å². The van der Waals surface area contributed by atoms with E-state index in [0.717, 1.165) is 11.0 Å². The van der Waals surface area contributed by atoms with E-state index in [2.05, 4.69) is 52.2 Å². The van der Waals surface area contributed by atoms with Crippen LogP contribution < -0.4 is 0 Å². The van der Waals surface area contributed by atoms with Crippen molar-refractivity contribution in [2.24, 2.45) is 5.92 Å². The molecule has 0 aliphatic heterocycles. The van der Waals surface area contributed by atoms with Crippen molar-refractivity contribution in [2.75, 3.05) is 6.61 Å². The number of carbonyl (C=O) groups is 1. The van der Waals surface area contributed by atoms with Crippen molar-refractivity contribution in [3.8, 4) is 0 Å². The molecule has 1 unspecified atom stereocenters. The molecule has 0 bridgehead atoms. The molecule has 0 saturated carbocycles. The fraction of sp³-hybridized carbons (Fsp3) is 0.421. The number of benzene rings is 1. The predicted octanol–water partition coefficient (Wildman–Crippen LogP) is 4.37. The number of fused-ring (bicyclic) bond motifs is 3. The number of rotatable bonds is 3. The van der Waals surface area contributed by atoms with Gasteiger partial charge in [-0.05, 0) is 25.8 Å². The molecule has 3 aromatic rings. The Morgan fingerprint density at radius 3 is 2.46 bits per heavy atom. The number of carbonyl (C=O) groups excluding carboxylic acids is 1. The summed E-state index contributed by atoms with van der Waals surface area (Å²) >= 11 is 0. The lowest BCUT2D eigenvalue weighted by atomic mass is 10.1. The monoisotopic (exact) mass is 327 g/mol. The summed E-state index contributed by atoms with van der Waals surface area (Å²) in [6.07, 6.45) is 3.80. The zero-order valence-electron chi connectivity index (χ0n) is 15.0. The summed E-state index contributed by atoms with van der Waals surface area (Å²) in [6.45, 7) is 10.4. The van der Waals surface area contributed by atoms with Crippen LogP contribution >= 0.6 is 0 Å². The van der Waals surface area contributed by atoms with Crippen molar-refractivity contribution in [1.29, 1.82) is 0 Å². The maximum Gasteiger partial charge on any atom is 0.302 e. The molecule has 0 amide bonds. The van der Waals surface area contributed by atoms with Gasteiger partial charge in [-0.2, -0.15) is 0 Å². The smallest absolute Gasteiger partial charge is 0.302 e. The van der Waals surface area contributed by atoms with Crippen molar-refractivity contribution in [3.63, 3.8) is 0 Å². The number of hydrogen-bond acceptors (Lipinski definition) is 4. The van der Waals surface area contributed by atoms with E-state index in [1.165, 1.54) is 17.8 Å². The van der Waals surface area contributed by atoms with Crippen molar-refractivity contribution in [1.82, 2.24) is 14.5 Å². The van der Waals surface area contributed by atoms with Gasteiger partial charge >= 0.3 is 5.97 Å². The van der Waals surface area contributed by atoms with Crippen molar-refractivity contribution < 1.29 is 9.53 Å². The minimum atomic E-state index is -0.211. The topological polar surface area (TPSA) is 57.0 Å². The molecular formula is C19H25N3O2. The Labute approximate surface area is 142 Å². The van der Waals surface area contributed by atoms with Crippen LogP contribution in [0.3, 0.4) is 0 Å². The van der Waals surface area contributed by atoms with Gasteiger partial charge in [-0.15, -0.1) is 0 Å². The Morgan fingerprint density at radius 1 is 1.17 bits per heavy atom. The highest BCUT2D eigenvalue weighted by Gasteiger charge is 2.14. The van der Waals surface area contributed by atoms with Crippen molar-refractivity contribution in [2.45, 2.75) is 40.7 Å². The number of nitrogens with zero attached hydrogens (tertiary/aromatic N) is 3. The summed E-state index contributed by atoms with van der Waals surface area (Å²) in [6, 6.07) is 8.68. The van der Waals surface area contributed by atoms with Crippen LogP contribution in [0, 0.1) is 5.92 Å². The number of pyridine rings is 1. The molecule has 0 N–H and O–H groups in total. The molecule has 2 aromatic heterocycles. The first-order chi connectivity index (χ1) is 11.5. The van der Waals surface area contributed by atoms with Crippen LogP contribution in [-0.4, -0.2) is 27.1 Å². The molecule has 3 rings (SSSR count). The molecule has 24 heavy (non-hydrogen) atoms. The third-order valence-electron chi connectivity index (χ3n) is 4.06. The lowest BCUT2D eigenvalue weighted by Gasteiger charge is -2.18. The van der Waals surface area contributed by atoms with Crippen LogP contribution in [0.1, 0.15) is 40.7 Å². The molecule has 2 heterocycles. The standard InChI is InChI=1S/C15H17N3.C4H8O2/c1-10(2)11(3)18-9-17-14-8-16-13-7-5-4-6-12(13)15(14)18;1-3-6-4(2)5/h4-11H,1-3H3;3H2,1-2H3. The number of hydrogen-bond donors (Lipinski definition) is 0. The highest BCUT2D eigenvalue weighted by atomic mass is 16.5. The first-order valence-electron chi connectivity index (χ1n) is 8.29. The SMILES string of the molecule is CC(C)C(C)n1cnc2cnc3ccccc3c21.CCOC(C)=O. The normalized spacial score (nSPS) is 12.1. The average Bonchev–Trinajstić information content (AvgIpc) is 2.99. The van der Waals surface area contributed by atoms with Gasteiger partial charge in [-0.1, -0.05) is 32.0 Å². The van der Waals surface area contributed by atoms with E-state index in [1.807, 2.05) is 24.7 Å². The van der Waals surface area contributed by atoms with Crippen LogP contribution in [0.4, 0.5) is 0 Å². The number of imidazole rings is 1. The average molecular weight is 327 g/mol. The fourth-order valence-electron chi connectivity index (χ4n) is 2.50. The third kappa shape index (κ3) is 3.91. The Balaban J connectivity index is 0.000000301. The van der Waals surface area contributed by atoms with Crippen LogP contribution in [0.25, 0.3) is 21.9 Å². The highest BCUT2D eigenvalue weighted by molar-refractivity contribution is 6.01. The molecule has 0 saturated heterocycles. The fourth-order valence-corrected chi connectivity index (χ4v) is 2.50. The molecule has 0 fully saturated rings. The van der Waals surface area contributed by atoms with E-state index in [4.69, 9.17) is 0 Å². The highest BCUT2D eigenvalue weighted by Crippen LogP contribution is 2.27. The largest absolute Gasteiger partial charge is 0.466 e. The summed E-state index contributed by atoms with van der Waals surface area (Å²) in [5.74, 6) is 0.367. The van der Waals surface area contributed by atoms with Gasteiger partial charge in [-0.3, -0.25) is 9.78 Å². The number of para-hydroxylation sites is 1. The van der Waals surface area contributed by atoms with Gasteiger partial charge < -0.3 is 9.30 Å². The minimum Gasteiger partial charge on any atom is -0.466 e. The summed E-state index contributed by atoms with van der Waals surface area (Å²) in [4.78, 5) is 18.7. The van der Waals surface area contributed by atoms with Crippen LogP contribution in [0.5, 0.6) is 0 Å². The van der Waals surface area contributed by atoms with Crippen LogP contribution in [0.15, 0.2) is 36.8 Å². The first-order valence-corrected chi connectivity index (χ1v) is 8.29. The maximum atomic E-state index is 9.82. The molecule has 0 aliphatic rings. The predicted molar refractivity (Wildman–Crippen MR) is 96.9 cm³/mol. The van der Waals surface area contributed by atoms with E-state index < -0.39 is 0 Å². The molecule has 0 radical (unpaired) electrons. The third-order valence-corrected chi connectivity index (χ3v) is 4.06. The zero-order valence-corrected chi connectivity index (χ0v) is 15.0. The van der Waals surface area contributed by atoms with Crippen LogP contribution in [0.2, 0.25) is 0 Å². The lowest BCUT2D eigenvalue weighted by Crippen LogP contribution is -2.10.